The van der Waals surface area contributed by atoms with Crippen molar-refractivity contribution in [2.45, 2.75) is 0 Å². The van der Waals surface area contributed by atoms with E-state index in [9.17, 15) is 5.11 Å². The van der Waals surface area contributed by atoms with Crippen molar-refractivity contribution in [1.29, 1.82) is 0 Å². The lowest BCUT2D eigenvalue weighted by atomic mass is 10.0. The molecule has 1 heterocycles. The molecule has 20 heavy (non-hydrogen) atoms. The summed E-state index contributed by atoms with van der Waals surface area (Å²) in [4.78, 5) is 0. The predicted octanol–water partition coefficient (Wildman–Crippen LogP) is 4.51. The van der Waals surface area contributed by atoms with E-state index in [0.29, 0.717) is 5.76 Å². The summed E-state index contributed by atoms with van der Waals surface area (Å²) in [7, 11) is 0. The molecule has 2 aromatic rings. The van der Waals surface area contributed by atoms with Crippen LogP contribution in [0, 0.1) is 0 Å². The second-order valence-electron chi connectivity index (χ2n) is 4.83. The van der Waals surface area contributed by atoms with E-state index < -0.39 is 0 Å². The van der Waals surface area contributed by atoms with Crippen LogP contribution in [0.25, 0.3) is 16.5 Å². The number of rotatable bonds is 0. The third-order valence-corrected chi connectivity index (χ3v) is 3.58. The first-order chi connectivity index (χ1) is 9.83. The van der Waals surface area contributed by atoms with Gasteiger partial charge in [-0.25, -0.2) is 0 Å². The van der Waals surface area contributed by atoms with E-state index in [1.165, 1.54) is 0 Å². The highest BCUT2D eigenvalue weighted by Gasteiger charge is 2.20. The molecule has 0 radical (unpaired) electrons. The van der Waals surface area contributed by atoms with Crippen molar-refractivity contribution in [3.05, 3.63) is 83.7 Å². The Kier molecular flexibility index (Phi) is 2.30. The molecule has 0 amide bonds. The molecule has 0 atom stereocenters. The minimum absolute atomic E-state index is 0.244. The van der Waals surface area contributed by atoms with Gasteiger partial charge in [0.15, 0.2) is 0 Å². The number of hydrogen-bond donors (Lipinski definition) is 1. The Morgan fingerprint density at radius 1 is 0.900 bits per heavy atom. The van der Waals surface area contributed by atoms with E-state index in [4.69, 9.17) is 4.74 Å². The van der Waals surface area contributed by atoms with Gasteiger partial charge in [0.1, 0.15) is 17.3 Å². The number of aliphatic hydroxyl groups excluding tert-OH is 1. The van der Waals surface area contributed by atoms with E-state index in [-0.39, 0.29) is 5.76 Å². The van der Waals surface area contributed by atoms with Gasteiger partial charge in [-0.15, -0.1) is 0 Å². The summed E-state index contributed by atoms with van der Waals surface area (Å²) in [5, 5.41) is 12.4. The molecule has 0 bridgehead atoms. The van der Waals surface area contributed by atoms with Crippen LogP contribution in [0.2, 0.25) is 0 Å². The van der Waals surface area contributed by atoms with Crippen molar-refractivity contribution in [3.63, 3.8) is 0 Å². The highest BCUT2D eigenvalue weighted by Crippen LogP contribution is 2.39. The number of hydrogen-bond acceptors (Lipinski definition) is 2. The molecule has 0 saturated heterocycles. The maximum Gasteiger partial charge on any atom is 0.146 e. The van der Waals surface area contributed by atoms with Crippen LogP contribution >= 0.6 is 0 Å². The summed E-state index contributed by atoms with van der Waals surface area (Å²) >= 11 is 0. The van der Waals surface area contributed by atoms with E-state index in [0.717, 1.165) is 27.7 Å². The van der Waals surface area contributed by atoms with E-state index in [2.05, 4.69) is 0 Å². The Labute approximate surface area is 116 Å². The first-order valence-corrected chi connectivity index (χ1v) is 6.52. The number of fused-ring (bicyclic) bond motifs is 3. The quantitative estimate of drug-likeness (QED) is 0.755. The second kappa shape index (κ2) is 4.14. The zero-order chi connectivity index (χ0) is 13.5. The minimum atomic E-state index is 0.244. The summed E-state index contributed by atoms with van der Waals surface area (Å²) in [5.74, 6) is 1.64. The molecule has 1 N–H and O–H groups in total. The lowest BCUT2D eigenvalue weighted by molar-refractivity contribution is 0.420. The first kappa shape index (κ1) is 11.1. The third-order valence-electron chi connectivity index (χ3n) is 3.58. The van der Waals surface area contributed by atoms with Crippen LogP contribution in [0.1, 0.15) is 5.56 Å². The van der Waals surface area contributed by atoms with Crippen molar-refractivity contribution in [1.82, 2.24) is 0 Å². The number of aliphatic hydroxyl groups is 1. The predicted molar refractivity (Wildman–Crippen MR) is 80.5 cm³/mol. The highest BCUT2D eigenvalue weighted by atomic mass is 16.5. The number of ether oxygens (including phenoxy) is 1. The van der Waals surface area contributed by atoms with Crippen LogP contribution < -0.4 is 4.74 Å². The highest BCUT2D eigenvalue weighted by molar-refractivity contribution is 5.94. The molecule has 1 aliphatic carbocycles. The van der Waals surface area contributed by atoms with Crippen molar-refractivity contribution in [3.8, 4) is 5.75 Å². The zero-order valence-corrected chi connectivity index (χ0v) is 10.7. The minimum Gasteiger partial charge on any atom is -0.507 e. The maximum atomic E-state index is 10.3. The van der Waals surface area contributed by atoms with Crippen molar-refractivity contribution in [2.75, 3.05) is 0 Å². The fourth-order valence-corrected chi connectivity index (χ4v) is 2.58. The van der Waals surface area contributed by atoms with Crippen LogP contribution in [0.4, 0.5) is 0 Å². The van der Waals surface area contributed by atoms with Crippen molar-refractivity contribution in [2.24, 2.45) is 0 Å². The monoisotopic (exact) mass is 260 g/mol. The van der Waals surface area contributed by atoms with Gasteiger partial charge in [0, 0.05) is 17.0 Å². The Balaban J connectivity index is 1.99. The van der Waals surface area contributed by atoms with Crippen LogP contribution in [0.5, 0.6) is 5.75 Å². The van der Waals surface area contributed by atoms with Crippen molar-refractivity contribution < 1.29 is 9.84 Å². The molecule has 96 valence electrons. The molecular formula is C18H12O2. The molecule has 0 unspecified atom stereocenters. The molecule has 0 saturated carbocycles. The molecular weight excluding hydrogens is 248 g/mol. The SMILES string of the molecule is OC1=CC(=C2C=CC=C2)Oc2c1ccc1ccccc21. The van der Waals surface area contributed by atoms with Crippen LogP contribution in [-0.2, 0) is 0 Å². The molecule has 4 rings (SSSR count). The largest absolute Gasteiger partial charge is 0.507 e. The van der Waals surface area contributed by atoms with Crippen LogP contribution in [-0.4, -0.2) is 5.11 Å². The van der Waals surface area contributed by atoms with Gasteiger partial charge in [-0.2, -0.15) is 0 Å². The van der Waals surface area contributed by atoms with E-state index >= 15 is 0 Å². The molecule has 2 nitrogen and oxygen atoms in total. The topological polar surface area (TPSA) is 29.5 Å². The average molecular weight is 260 g/mol. The molecule has 2 aliphatic rings. The number of benzene rings is 2. The van der Waals surface area contributed by atoms with E-state index in [1.54, 1.807) is 6.08 Å². The van der Waals surface area contributed by atoms with Gasteiger partial charge in [-0.3, -0.25) is 0 Å². The smallest absolute Gasteiger partial charge is 0.146 e. The van der Waals surface area contributed by atoms with Gasteiger partial charge < -0.3 is 9.84 Å². The molecule has 0 fully saturated rings. The number of allylic oxidation sites excluding steroid dienone is 6. The standard InChI is InChI=1S/C18H12O2/c19-16-11-17(13-6-1-2-7-13)20-18-14-8-4-3-5-12(14)9-10-15(16)18/h1-11,19H. The summed E-state index contributed by atoms with van der Waals surface area (Å²) in [6, 6.07) is 11.9. The molecule has 0 aromatic heterocycles. The fourth-order valence-electron chi connectivity index (χ4n) is 2.58. The Hall–Kier alpha value is -2.74. The lowest BCUT2D eigenvalue weighted by Crippen LogP contribution is -2.05. The molecule has 0 spiro atoms. The van der Waals surface area contributed by atoms with Crippen molar-refractivity contribution >= 4 is 16.5 Å². The summed E-state index contributed by atoms with van der Waals surface area (Å²) in [6.07, 6.45) is 9.52. The van der Waals surface area contributed by atoms with Gasteiger partial charge in [0.05, 0.1) is 5.56 Å². The summed E-state index contributed by atoms with van der Waals surface area (Å²) < 4.78 is 6.04. The fraction of sp³-hybridized carbons (Fsp3) is 0. The second-order valence-corrected chi connectivity index (χ2v) is 4.83. The molecule has 2 heteroatoms. The van der Waals surface area contributed by atoms with Crippen LogP contribution in [0.15, 0.2) is 78.1 Å². The lowest BCUT2D eigenvalue weighted by Gasteiger charge is -2.20. The van der Waals surface area contributed by atoms with Crippen LogP contribution in [0.3, 0.4) is 0 Å². The first-order valence-electron chi connectivity index (χ1n) is 6.52. The Morgan fingerprint density at radius 2 is 1.70 bits per heavy atom. The van der Waals surface area contributed by atoms with Gasteiger partial charge >= 0.3 is 0 Å². The average Bonchev–Trinajstić information content (AvgIpc) is 3.01. The Bertz CT molecular complexity index is 822. The van der Waals surface area contributed by atoms with Gasteiger partial charge in [-0.05, 0) is 11.5 Å². The van der Waals surface area contributed by atoms with Gasteiger partial charge in [0.25, 0.3) is 0 Å². The normalized spacial score (nSPS) is 16.3. The maximum absolute atomic E-state index is 10.3. The Morgan fingerprint density at radius 3 is 2.55 bits per heavy atom. The van der Waals surface area contributed by atoms with E-state index in [1.807, 2.05) is 60.7 Å². The third kappa shape index (κ3) is 1.58. The van der Waals surface area contributed by atoms with Gasteiger partial charge in [0.2, 0.25) is 0 Å². The zero-order valence-electron chi connectivity index (χ0n) is 10.7. The molecule has 1 aliphatic heterocycles. The van der Waals surface area contributed by atoms with Gasteiger partial charge in [-0.1, -0.05) is 54.6 Å². The summed E-state index contributed by atoms with van der Waals surface area (Å²) in [6.45, 7) is 0. The molecule has 2 aromatic carbocycles. The summed E-state index contributed by atoms with van der Waals surface area (Å²) in [5.41, 5.74) is 1.70.